The average molecular weight is 388 g/mol. The minimum atomic E-state index is -3.26. The molecule has 27 heavy (non-hydrogen) atoms. The van der Waals surface area contributed by atoms with Crippen molar-refractivity contribution in [3.63, 3.8) is 0 Å². The highest BCUT2D eigenvalue weighted by Gasteiger charge is 2.52. The molecule has 1 unspecified atom stereocenters. The van der Waals surface area contributed by atoms with Crippen LogP contribution in [0.15, 0.2) is 12.2 Å². The number of alkyl halides is 2. The first-order valence-corrected chi connectivity index (χ1v) is 10.3. The second kappa shape index (κ2) is 12.1. The van der Waals surface area contributed by atoms with Gasteiger partial charge in [-0.3, -0.25) is 9.59 Å². The molecular weight excluding hydrogens is 352 g/mol. The lowest BCUT2D eigenvalue weighted by molar-refractivity contribution is -0.148. The Balaban J connectivity index is 2.45. The number of amides is 1. The van der Waals surface area contributed by atoms with Gasteiger partial charge in [0.1, 0.15) is 0 Å². The van der Waals surface area contributed by atoms with E-state index in [0.29, 0.717) is 25.3 Å². The van der Waals surface area contributed by atoms with Crippen LogP contribution in [0.5, 0.6) is 0 Å². The minimum Gasteiger partial charge on any atom is -0.469 e. The van der Waals surface area contributed by atoms with Gasteiger partial charge in [0.2, 0.25) is 0 Å². The van der Waals surface area contributed by atoms with Crippen LogP contribution in [0.4, 0.5) is 8.78 Å². The third kappa shape index (κ3) is 8.39. The molecule has 0 aromatic heterocycles. The first-order valence-electron chi connectivity index (χ1n) is 10.3. The monoisotopic (exact) mass is 387 g/mol. The maximum atomic E-state index is 13.9. The number of unbranched alkanes of at least 4 members (excludes halogenated alkanes) is 5. The maximum Gasteiger partial charge on any atom is 0.327 e. The molecule has 1 fully saturated rings. The van der Waals surface area contributed by atoms with Crippen molar-refractivity contribution in [3.8, 4) is 0 Å². The van der Waals surface area contributed by atoms with E-state index in [1.807, 2.05) is 6.08 Å². The maximum absolute atomic E-state index is 13.9. The van der Waals surface area contributed by atoms with Crippen molar-refractivity contribution >= 4 is 11.9 Å². The van der Waals surface area contributed by atoms with Gasteiger partial charge in [0.05, 0.1) is 13.2 Å². The molecule has 0 saturated carbocycles. The number of rotatable bonds is 13. The number of hydrogen-bond donors (Lipinski definition) is 0. The third-order valence-corrected chi connectivity index (χ3v) is 5.12. The fourth-order valence-electron chi connectivity index (χ4n) is 3.40. The summed E-state index contributed by atoms with van der Waals surface area (Å²) in [4.78, 5) is 24.4. The Morgan fingerprint density at radius 2 is 1.96 bits per heavy atom. The summed E-state index contributed by atoms with van der Waals surface area (Å²) in [5.74, 6) is -4.21. The molecular formula is C21H35F2NO3. The number of nitrogens with zero attached hydrogens (tertiary/aromatic N) is 1. The van der Waals surface area contributed by atoms with Crippen LogP contribution in [0.1, 0.15) is 78.1 Å². The van der Waals surface area contributed by atoms with Crippen LogP contribution in [-0.2, 0) is 14.3 Å². The highest BCUT2D eigenvalue weighted by molar-refractivity contribution is 5.86. The topological polar surface area (TPSA) is 46.6 Å². The number of hydrogen-bond acceptors (Lipinski definition) is 3. The lowest BCUT2D eigenvalue weighted by Gasteiger charge is -2.22. The van der Waals surface area contributed by atoms with Gasteiger partial charge >= 0.3 is 11.9 Å². The van der Waals surface area contributed by atoms with Crippen molar-refractivity contribution in [3.05, 3.63) is 12.2 Å². The van der Waals surface area contributed by atoms with Crippen molar-refractivity contribution < 1.29 is 23.1 Å². The van der Waals surface area contributed by atoms with E-state index in [4.69, 9.17) is 0 Å². The van der Waals surface area contributed by atoms with Gasteiger partial charge in [-0.05, 0) is 25.2 Å². The van der Waals surface area contributed by atoms with Gasteiger partial charge in [0.15, 0.2) is 0 Å². The molecule has 0 aromatic carbocycles. The third-order valence-electron chi connectivity index (χ3n) is 5.12. The molecule has 0 aromatic rings. The van der Waals surface area contributed by atoms with Crippen LogP contribution in [-0.4, -0.2) is 42.4 Å². The number of carbonyl (C=O) groups is 2. The average Bonchev–Trinajstić information content (AvgIpc) is 2.85. The van der Waals surface area contributed by atoms with Crippen LogP contribution >= 0.6 is 0 Å². The van der Waals surface area contributed by atoms with E-state index in [-0.39, 0.29) is 5.97 Å². The standard InChI is InChI=1S/C21H35F2NO3/c1-4-5-8-11-17(2)13-14-18-16-21(22,23)20(26)24(18)15-10-7-6-9-12-19(25)27-3/h13-14,17-18H,4-12,15-16H2,1-3H3/b14-13+/t17?,18-/m0/s1. The Morgan fingerprint density at radius 3 is 2.63 bits per heavy atom. The first kappa shape index (κ1) is 23.6. The summed E-state index contributed by atoms with van der Waals surface area (Å²) in [7, 11) is 1.36. The van der Waals surface area contributed by atoms with E-state index >= 15 is 0 Å². The van der Waals surface area contributed by atoms with Gasteiger partial charge in [-0.15, -0.1) is 0 Å². The number of allylic oxidation sites excluding steroid dienone is 1. The molecule has 156 valence electrons. The van der Waals surface area contributed by atoms with Crippen LogP contribution in [0, 0.1) is 5.92 Å². The van der Waals surface area contributed by atoms with Gasteiger partial charge in [-0.2, -0.15) is 8.78 Å². The molecule has 1 saturated heterocycles. The van der Waals surface area contributed by atoms with Crippen molar-refractivity contribution in [1.29, 1.82) is 0 Å². The minimum absolute atomic E-state index is 0.234. The van der Waals surface area contributed by atoms with Crippen LogP contribution in [0.25, 0.3) is 0 Å². The van der Waals surface area contributed by atoms with E-state index in [2.05, 4.69) is 18.6 Å². The van der Waals surface area contributed by atoms with Crippen molar-refractivity contribution in [2.75, 3.05) is 13.7 Å². The van der Waals surface area contributed by atoms with E-state index in [0.717, 1.165) is 38.5 Å². The predicted molar refractivity (Wildman–Crippen MR) is 103 cm³/mol. The molecule has 1 heterocycles. The quantitative estimate of drug-likeness (QED) is 0.250. The zero-order chi connectivity index (χ0) is 20.3. The fraction of sp³-hybridized carbons (Fsp3) is 0.810. The zero-order valence-electron chi connectivity index (χ0n) is 17.0. The Labute approximate surface area is 162 Å². The summed E-state index contributed by atoms with van der Waals surface area (Å²) in [6.07, 6.45) is 11.3. The van der Waals surface area contributed by atoms with Gasteiger partial charge in [0, 0.05) is 19.4 Å². The highest BCUT2D eigenvalue weighted by atomic mass is 19.3. The number of carbonyl (C=O) groups excluding carboxylic acids is 2. The van der Waals surface area contributed by atoms with E-state index in [1.165, 1.54) is 18.4 Å². The van der Waals surface area contributed by atoms with Crippen molar-refractivity contribution in [2.45, 2.75) is 90.0 Å². The first-order chi connectivity index (χ1) is 12.8. The Bertz CT molecular complexity index is 494. The Morgan fingerprint density at radius 1 is 1.26 bits per heavy atom. The Kier molecular flexibility index (Phi) is 10.6. The van der Waals surface area contributed by atoms with E-state index < -0.39 is 24.3 Å². The largest absolute Gasteiger partial charge is 0.469 e. The van der Waals surface area contributed by atoms with E-state index in [1.54, 1.807) is 6.08 Å². The zero-order valence-corrected chi connectivity index (χ0v) is 17.0. The molecule has 1 amide bonds. The summed E-state index contributed by atoms with van der Waals surface area (Å²) < 4.78 is 32.4. The van der Waals surface area contributed by atoms with Crippen LogP contribution in [0.3, 0.4) is 0 Å². The summed E-state index contributed by atoms with van der Waals surface area (Å²) >= 11 is 0. The van der Waals surface area contributed by atoms with Crippen LogP contribution < -0.4 is 0 Å². The number of methoxy groups -OCH3 is 1. The lowest BCUT2D eigenvalue weighted by atomic mass is 10.0. The number of esters is 1. The molecule has 0 radical (unpaired) electrons. The molecule has 1 aliphatic rings. The fourth-order valence-corrected chi connectivity index (χ4v) is 3.40. The summed E-state index contributed by atoms with van der Waals surface area (Å²) in [6.45, 7) is 4.58. The Hall–Kier alpha value is -1.46. The molecule has 4 nitrogen and oxygen atoms in total. The molecule has 0 bridgehead atoms. The smallest absolute Gasteiger partial charge is 0.327 e. The van der Waals surface area contributed by atoms with Crippen LogP contribution in [0.2, 0.25) is 0 Å². The van der Waals surface area contributed by atoms with Gasteiger partial charge in [0.25, 0.3) is 5.91 Å². The second-order valence-electron chi connectivity index (χ2n) is 7.57. The van der Waals surface area contributed by atoms with Gasteiger partial charge in [-0.25, -0.2) is 0 Å². The molecule has 6 heteroatoms. The van der Waals surface area contributed by atoms with Crippen molar-refractivity contribution in [2.24, 2.45) is 5.92 Å². The molecule has 2 atom stereocenters. The normalized spacial score (nSPS) is 20.4. The lowest BCUT2D eigenvalue weighted by Crippen LogP contribution is -2.36. The molecule has 1 rings (SSSR count). The van der Waals surface area contributed by atoms with Crippen molar-refractivity contribution in [1.82, 2.24) is 4.90 Å². The summed E-state index contributed by atoms with van der Waals surface area (Å²) in [5.41, 5.74) is 0. The second-order valence-corrected chi connectivity index (χ2v) is 7.57. The molecule has 0 N–H and O–H groups in total. The highest BCUT2D eigenvalue weighted by Crippen LogP contribution is 2.34. The van der Waals surface area contributed by atoms with E-state index in [9.17, 15) is 18.4 Å². The summed E-state index contributed by atoms with van der Waals surface area (Å²) in [5, 5.41) is 0. The SMILES string of the molecule is CCCCCC(C)/C=C/[C@H]1CC(F)(F)C(=O)N1CCCCCCC(=O)OC. The number of likely N-dealkylation sites (tertiary alicyclic amines) is 1. The van der Waals surface area contributed by atoms with Gasteiger partial charge in [-0.1, -0.05) is 58.1 Å². The summed E-state index contributed by atoms with van der Waals surface area (Å²) in [6, 6.07) is -0.517. The number of ether oxygens (including phenoxy) is 1. The predicted octanol–water partition coefficient (Wildman–Crippen LogP) is 5.12. The molecule has 0 spiro atoms. The molecule has 1 aliphatic heterocycles. The van der Waals surface area contributed by atoms with Gasteiger partial charge < -0.3 is 9.64 Å². The number of halogens is 2. The molecule has 0 aliphatic carbocycles.